The van der Waals surface area contributed by atoms with E-state index < -0.39 is 0 Å². The minimum atomic E-state index is -0.337. The van der Waals surface area contributed by atoms with E-state index in [2.05, 4.69) is 5.32 Å². The van der Waals surface area contributed by atoms with Gasteiger partial charge in [0.05, 0.1) is 12.5 Å². The van der Waals surface area contributed by atoms with E-state index in [9.17, 15) is 4.79 Å². The number of anilines is 1. The number of ether oxygens (including phenoxy) is 1. The summed E-state index contributed by atoms with van der Waals surface area (Å²) in [6.45, 7) is 2.29. The van der Waals surface area contributed by atoms with Crippen molar-refractivity contribution in [1.29, 1.82) is 0 Å². The van der Waals surface area contributed by atoms with E-state index in [1.165, 1.54) is 0 Å². The molecule has 4 nitrogen and oxygen atoms in total. The summed E-state index contributed by atoms with van der Waals surface area (Å²) in [5.74, 6) is -0.432. The van der Waals surface area contributed by atoms with Crippen LogP contribution in [0.5, 0.6) is 0 Å². The molecule has 2 atom stereocenters. The number of rotatable bonds is 6. The second-order valence-electron chi connectivity index (χ2n) is 5.30. The minimum Gasteiger partial charge on any atom is -0.380 e. The normalized spacial score (nSPS) is 13.4. The SMILES string of the molecule is COCc1ccccc1NC(=O)C(C)C(N)c1ccccc1. The van der Waals surface area contributed by atoms with Crippen molar-refractivity contribution < 1.29 is 9.53 Å². The number of nitrogens with one attached hydrogen (secondary N) is 1. The molecule has 0 bridgehead atoms. The van der Waals surface area contributed by atoms with Gasteiger partial charge in [0, 0.05) is 24.4 Å². The van der Waals surface area contributed by atoms with Crippen molar-refractivity contribution in [2.45, 2.75) is 19.6 Å². The highest BCUT2D eigenvalue weighted by atomic mass is 16.5. The van der Waals surface area contributed by atoms with E-state index in [1.54, 1.807) is 7.11 Å². The van der Waals surface area contributed by atoms with Gasteiger partial charge >= 0.3 is 0 Å². The predicted octanol–water partition coefficient (Wildman–Crippen LogP) is 3.11. The number of amides is 1. The maximum Gasteiger partial charge on any atom is 0.229 e. The lowest BCUT2D eigenvalue weighted by atomic mass is 9.94. The molecule has 2 unspecified atom stereocenters. The molecule has 116 valence electrons. The second-order valence-corrected chi connectivity index (χ2v) is 5.30. The maximum absolute atomic E-state index is 12.5. The molecule has 0 aliphatic heterocycles. The molecule has 0 spiro atoms. The van der Waals surface area contributed by atoms with Crippen LogP contribution in [0.25, 0.3) is 0 Å². The molecular weight excluding hydrogens is 276 g/mol. The third-order valence-corrected chi connectivity index (χ3v) is 3.71. The predicted molar refractivity (Wildman–Crippen MR) is 88.3 cm³/mol. The summed E-state index contributed by atoms with van der Waals surface area (Å²) in [5, 5.41) is 2.95. The summed E-state index contributed by atoms with van der Waals surface area (Å²) in [6.07, 6.45) is 0. The number of carbonyl (C=O) groups excluding carboxylic acids is 1. The van der Waals surface area contributed by atoms with Crippen molar-refractivity contribution in [3.05, 3.63) is 65.7 Å². The molecule has 0 heterocycles. The zero-order chi connectivity index (χ0) is 15.9. The van der Waals surface area contributed by atoms with Gasteiger partial charge in [-0.2, -0.15) is 0 Å². The number of para-hydroxylation sites is 1. The van der Waals surface area contributed by atoms with Crippen LogP contribution in [0.4, 0.5) is 5.69 Å². The van der Waals surface area contributed by atoms with Gasteiger partial charge < -0.3 is 15.8 Å². The molecule has 1 amide bonds. The van der Waals surface area contributed by atoms with Crippen LogP contribution >= 0.6 is 0 Å². The van der Waals surface area contributed by atoms with Crippen molar-refractivity contribution in [2.75, 3.05) is 12.4 Å². The first-order valence-electron chi connectivity index (χ1n) is 7.31. The lowest BCUT2D eigenvalue weighted by Crippen LogP contribution is -2.30. The Morgan fingerprint density at radius 2 is 1.77 bits per heavy atom. The molecule has 2 rings (SSSR count). The first kappa shape index (κ1) is 16.2. The molecule has 3 N–H and O–H groups in total. The fourth-order valence-corrected chi connectivity index (χ4v) is 2.30. The van der Waals surface area contributed by atoms with Gasteiger partial charge in [0.1, 0.15) is 0 Å². The molecule has 0 saturated heterocycles. The third-order valence-electron chi connectivity index (χ3n) is 3.71. The largest absolute Gasteiger partial charge is 0.380 e. The van der Waals surface area contributed by atoms with Gasteiger partial charge in [-0.3, -0.25) is 4.79 Å². The number of methoxy groups -OCH3 is 1. The van der Waals surface area contributed by atoms with Crippen LogP contribution in [0.3, 0.4) is 0 Å². The molecule has 4 heteroatoms. The van der Waals surface area contributed by atoms with Gasteiger partial charge in [0.2, 0.25) is 5.91 Å². The van der Waals surface area contributed by atoms with Crippen LogP contribution in [-0.2, 0) is 16.1 Å². The van der Waals surface area contributed by atoms with E-state index in [1.807, 2.05) is 61.5 Å². The van der Waals surface area contributed by atoms with Gasteiger partial charge in [-0.1, -0.05) is 55.5 Å². The van der Waals surface area contributed by atoms with Crippen molar-refractivity contribution in [3.63, 3.8) is 0 Å². The number of benzene rings is 2. The van der Waals surface area contributed by atoms with Crippen LogP contribution in [0, 0.1) is 5.92 Å². The van der Waals surface area contributed by atoms with Crippen LogP contribution in [0.1, 0.15) is 24.1 Å². The van der Waals surface area contributed by atoms with Crippen LogP contribution in [0.2, 0.25) is 0 Å². The van der Waals surface area contributed by atoms with Crippen LogP contribution in [-0.4, -0.2) is 13.0 Å². The Hall–Kier alpha value is -2.17. The fraction of sp³-hybridized carbons (Fsp3) is 0.278. The molecule has 22 heavy (non-hydrogen) atoms. The van der Waals surface area contributed by atoms with Crippen molar-refractivity contribution in [1.82, 2.24) is 0 Å². The van der Waals surface area contributed by atoms with Gasteiger partial charge in [-0.15, -0.1) is 0 Å². The zero-order valence-electron chi connectivity index (χ0n) is 13.0. The van der Waals surface area contributed by atoms with E-state index in [4.69, 9.17) is 10.5 Å². The lowest BCUT2D eigenvalue weighted by Gasteiger charge is -2.20. The fourth-order valence-electron chi connectivity index (χ4n) is 2.30. The molecule has 0 fully saturated rings. The summed E-state index contributed by atoms with van der Waals surface area (Å²) in [5.41, 5.74) is 8.87. The number of hydrogen-bond donors (Lipinski definition) is 2. The molecule has 0 saturated carbocycles. The van der Waals surface area contributed by atoms with Crippen molar-refractivity contribution in [2.24, 2.45) is 11.7 Å². The topological polar surface area (TPSA) is 64.3 Å². The summed E-state index contributed by atoms with van der Waals surface area (Å²) >= 11 is 0. The highest BCUT2D eigenvalue weighted by Crippen LogP contribution is 2.22. The lowest BCUT2D eigenvalue weighted by molar-refractivity contribution is -0.120. The van der Waals surface area contributed by atoms with Gasteiger partial charge in [0.25, 0.3) is 0 Å². The average molecular weight is 298 g/mol. The molecule has 0 aliphatic rings. The number of hydrogen-bond acceptors (Lipinski definition) is 3. The zero-order valence-corrected chi connectivity index (χ0v) is 13.0. The first-order chi connectivity index (χ1) is 10.6. The Morgan fingerprint density at radius 3 is 2.45 bits per heavy atom. The minimum absolute atomic E-state index is 0.0973. The summed E-state index contributed by atoms with van der Waals surface area (Å²) in [6, 6.07) is 16.9. The Morgan fingerprint density at radius 1 is 1.14 bits per heavy atom. The summed E-state index contributed by atoms with van der Waals surface area (Å²) in [4.78, 5) is 12.5. The Balaban J connectivity index is 2.09. The molecule has 2 aromatic rings. The summed E-state index contributed by atoms with van der Waals surface area (Å²) in [7, 11) is 1.63. The smallest absolute Gasteiger partial charge is 0.229 e. The van der Waals surface area contributed by atoms with Gasteiger partial charge in [-0.25, -0.2) is 0 Å². The quantitative estimate of drug-likeness (QED) is 0.861. The molecular formula is C18H22N2O2. The summed E-state index contributed by atoms with van der Waals surface area (Å²) < 4.78 is 5.15. The Kier molecular flexibility index (Phi) is 5.69. The molecule has 0 aromatic heterocycles. The van der Waals surface area contributed by atoms with Crippen LogP contribution < -0.4 is 11.1 Å². The maximum atomic E-state index is 12.5. The van der Waals surface area contributed by atoms with Crippen LogP contribution in [0.15, 0.2) is 54.6 Å². The second kappa shape index (κ2) is 7.73. The van der Waals surface area contributed by atoms with E-state index in [-0.39, 0.29) is 17.9 Å². The standard InChI is InChI=1S/C18H22N2O2/c1-13(17(19)14-8-4-3-5-9-14)18(21)20-16-11-7-6-10-15(16)12-22-2/h3-11,13,17H,12,19H2,1-2H3,(H,20,21). The van der Waals surface area contributed by atoms with Crippen molar-refractivity contribution in [3.8, 4) is 0 Å². The van der Waals surface area contributed by atoms with E-state index in [0.717, 1.165) is 16.8 Å². The Bertz CT molecular complexity index is 613. The van der Waals surface area contributed by atoms with Crippen molar-refractivity contribution >= 4 is 11.6 Å². The highest BCUT2D eigenvalue weighted by molar-refractivity contribution is 5.93. The van der Waals surface area contributed by atoms with E-state index >= 15 is 0 Å². The van der Waals surface area contributed by atoms with Gasteiger partial charge in [0.15, 0.2) is 0 Å². The third kappa shape index (κ3) is 3.93. The molecule has 2 aromatic carbocycles. The molecule has 0 radical (unpaired) electrons. The molecule has 0 aliphatic carbocycles. The Labute approximate surface area is 131 Å². The number of nitrogens with two attached hydrogens (primary N) is 1. The highest BCUT2D eigenvalue weighted by Gasteiger charge is 2.22. The first-order valence-corrected chi connectivity index (χ1v) is 7.31. The van der Waals surface area contributed by atoms with E-state index in [0.29, 0.717) is 6.61 Å². The number of carbonyl (C=O) groups is 1. The average Bonchev–Trinajstić information content (AvgIpc) is 2.56. The monoisotopic (exact) mass is 298 g/mol. The van der Waals surface area contributed by atoms with Gasteiger partial charge in [-0.05, 0) is 11.6 Å².